The van der Waals surface area contributed by atoms with Crippen molar-refractivity contribution in [1.82, 2.24) is 0 Å². The van der Waals surface area contributed by atoms with E-state index in [0.717, 1.165) is 0 Å². The summed E-state index contributed by atoms with van der Waals surface area (Å²) in [5, 5.41) is 11.9. The Kier molecular flexibility index (Phi) is 6.21. The fraction of sp³-hybridized carbons (Fsp3) is 0.0400. The molecule has 1 aliphatic rings. The van der Waals surface area contributed by atoms with E-state index in [1.54, 1.807) is 30.3 Å². The highest BCUT2D eigenvalue weighted by molar-refractivity contribution is 6.36. The lowest BCUT2D eigenvalue weighted by Crippen LogP contribution is -2.22. The van der Waals surface area contributed by atoms with Crippen LogP contribution in [0.1, 0.15) is 37.4 Å². The van der Waals surface area contributed by atoms with Crippen LogP contribution in [0.25, 0.3) is 6.08 Å². The van der Waals surface area contributed by atoms with Crippen LogP contribution in [-0.4, -0.2) is 24.1 Å². The number of alkyl halides is 2. The van der Waals surface area contributed by atoms with Crippen molar-refractivity contribution >= 4 is 40.8 Å². The largest absolute Gasteiger partial charge is 0.435 e. The Morgan fingerprint density at radius 3 is 2.12 bits per heavy atom. The fourth-order valence-electron chi connectivity index (χ4n) is 3.46. The second kappa shape index (κ2) is 9.25. The maximum Gasteiger partial charge on any atom is 0.387 e. The lowest BCUT2D eigenvalue weighted by atomic mass is 9.84. The van der Waals surface area contributed by atoms with Crippen molar-refractivity contribution in [3.63, 3.8) is 0 Å². The van der Waals surface area contributed by atoms with Crippen molar-refractivity contribution in [2.24, 2.45) is 0 Å². The lowest BCUT2D eigenvalue weighted by Gasteiger charge is -2.19. The number of rotatable bonds is 5. The average Bonchev–Trinajstić information content (AvgIpc) is 2.82. The fourth-order valence-corrected chi connectivity index (χ4v) is 3.68. The summed E-state index contributed by atoms with van der Waals surface area (Å²) in [5.74, 6) is -1.63. The Labute approximate surface area is 197 Å². The first-order valence-electron chi connectivity index (χ1n) is 9.78. The molecule has 6 nitrogen and oxygen atoms in total. The maximum atomic E-state index is 12.9. The van der Waals surface area contributed by atoms with E-state index in [1.165, 1.54) is 42.5 Å². The van der Waals surface area contributed by atoms with Crippen LogP contribution in [0.2, 0.25) is 5.02 Å². The number of anilines is 1. The second-order valence-corrected chi connectivity index (χ2v) is 7.56. The van der Waals surface area contributed by atoms with Gasteiger partial charge in [0, 0.05) is 22.3 Å². The molecule has 0 bridgehead atoms. The number of nitriles is 1. The summed E-state index contributed by atoms with van der Waals surface area (Å²) in [6, 6.07) is 16.1. The highest BCUT2D eigenvalue weighted by Gasteiger charge is 2.30. The van der Waals surface area contributed by atoms with E-state index in [4.69, 9.17) is 11.6 Å². The van der Waals surface area contributed by atoms with E-state index in [1.807, 2.05) is 0 Å². The highest BCUT2D eigenvalue weighted by atomic mass is 35.5. The Morgan fingerprint density at radius 1 is 0.971 bits per heavy atom. The molecule has 0 saturated heterocycles. The molecule has 0 aliphatic heterocycles. The molecule has 0 fully saturated rings. The van der Waals surface area contributed by atoms with Crippen LogP contribution < -0.4 is 10.1 Å². The number of carbonyl (C=O) groups excluding carboxylic acids is 3. The van der Waals surface area contributed by atoms with Crippen molar-refractivity contribution in [1.29, 1.82) is 5.26 Å². The van der Waals surface area contributed by atoms with Crippen LogP contribution in [-0.2, 0) is 4.79 Å². The van der Waals surface area contributed by atoms with E-state index >= 15 is 0 Å². The monoisotopic (exact) mass is 478 g/mol. The minimum absolute atomic E-state index is 0.0124. The van der Waals surface area contributed by atoms with Gasteiger partial charge in [0.25, 0.3) is 5.91 Å². The zero-order valence-electron chi connectivity index (χ0n) is 17.1. The minimum Gasteiger partial charge on any atom is -0.435 e. The van der Waals surface area contributed by atoms with Crippen molar-refractivity contribution in [3.05, 3.63) is 99.1 Å². The van der Waals surface area contributed by atoms with Gasteiger partial charge in [-0.05, 0) is 35.9 Å². The van der Waals surface area contributed by atoms with Crippen LogP contribution >= 0.6 is 11.6 Å². The molecule has 1 amide bonds. The van der Waals surface area contributed by atoms with Gasteiger partial charge in [0.1, 0.15) is 17.4 Å². The molecule has 168 valence electrons. The number of halogens is 3. The molecule has 0 heterocycles. The second-order valence-electron chi connectivity index (χ2n) is 7.15. The summed E-state index contributed by atoms with van der Waals surface area (Å²) in [6.07, 6.45) is 1.25. The Bertz CT molecular complexity index is 1410. The SMILES string of the molecule is N#C/C(=C\c1ccc(OC(F)F)cc1)C(=O)Nc1cc2c(cc1Cl)C(=O)c1ccccc1C2=O. The third kappa shape index (κ3) is 4.42. The average molecular weight is 479 g/mol. The minimum atomic E-state index is -2.97. The predicted octanol–water partition coefficient (Wildman–Crippen LogP) is 5.26. The van der Waals surface area contributed by atoms with Gasteiger partial charge in [-0.25, -0.2) is 0 Å². The normalized spacial score (nSPS) is 12.6. The van der Waals surface area contributed by atoms with Crippen LogP contribution in [0, 0.1) is 11.3 Å². The molecule has 0 aromatic heterocycles. The summed E-state index contributed by atoms with van der Waals surface area (Å²) in [7, 11) is 0. The van der Waals surface area contributed by atoms with Gasteiger partial charge in [0.05, 0.1) is 10.7 Å². The number of hydrogen-bond donors (Lipinski definition) is 1. The standard InChI is InChI=1S/C25H13ClF2N2O4/c26-20-10-18-19(23(32)17-4-2-1-3-16(17)22(18)31)11-21(20)30-24(33)14(12-29)9-13-5-7-15(8-6-13)34-25(27)28/h1-11,25H,(H,30,33)/b14-9+. The molecule has 34 heavy (non-hydrogen) atoms. The lowest BCUT2D eigenvalue weighted by molar-refractivity contribution is -0.112. The van der Waals surface area contributed by atoms with Gasteiger partial charge in [0.15, 0.2) is 11.6 Å². The van der Waals surface area contributed by atoms with Gasteiger partial charge in [-0.1, -0.05) is 48.0 Å². The molecule has 4 rings (SSSR count). The number of fused-ring (bicyclic) bond motifs is 2. The smallest absolute Gasteiger partial charge is 0.387 e. The number of ketones is 2. The molecule has 3 aromatic rings. The maximum absolute atomic E-state index is 12.9. The van der Waals surface area contributed by atoms with Gasteiger partial charge in [-0.15, -0.1) is 0 Å². The summed E-state index contributed by atoms with van der Waals surface area (Å²) in [4.78, 5) is 38.4. The van der Waals surface area contributed by atoms with Gasteiger partial charge in [0.2, 0.25) is 0 Å². The van der Waals surface area contributed by atoms with Crippen molar-refractivity contribution in [2.75, 3.05) is 5.32 Å². The van der Waals surface area contributed by atoms with Crippen molar-refractivity contribution in [2.45, 2.75) is 6.61 Å². The Balaban J connectivity index is 1.60. The number of hydrogen-bond acceptors (Lipinski definition) is 5. The van der Waals surface area contributed by atoms with Gasteiger partial charge >= 0.3 is 6.61 Å². The molecule has 0 atom stereocenters. The molecule has 3 aromatic carbocycles. The van der Waals surface area contributed by atoms with E-state index in [-0.39, 0.29) is 55.9 Å². The summed E-state index contributed by atoms with van der Waals surface area (Å²) < 4.78 is 28.8. The number of benzene rings is 3. The number of carbonyl (C=O) groups is 3. The van der Waals surface area contributed by atoms with Crippen LogP contribution in [0.15, 0.2) is 66.2 Å². The molecule has 0 radical (unpaired) electrons. The third-order valence-electron chi connectivity index (χ3n) is 5.04. The van der Waals surface area contributed by atoms with E-state index in [0.29, 0.717) is 5.56 Å². The first kappa shape index (κ1) is 22.8. The van der Waals surface area contributed by atoms with Crippen LogP contribution in [0.5, 0.6) is 5.75 Å². The first-order valence-corrected chi connectivity index (χ1v) is 10.2. The zero-order chi connectivity index (χ0) is 24.4. The van der Waals surface area contributed by atoms with E-state index in [9.17, 15) is 28.4 Å². The molecule has 1 N–H and O–H groups in total. The van der Waals surface area contributed by atoms with Gasteiger partial charge in [-0.3, -0.25) is 14.4 Å². The van der Waals surface area contributed by atoms with Crippen LogP contribution in [0.4, 0.5) is 14.5 Å². The molecule has 0 unspecified atom stereocenters. The Morgan fingerprint density at radius 2 is 1.56 bits per heavy atom. The molecule has 0 spiro atoms. The third-order valence-corrected chi connectivity index (χ3v) is 5.36. The summed E-state index contributed by atoms with van der Waals surface area (Å²) >= 11 is 6.26. The number of ether oxygens (including phenoxy) is 1. The molecular weight excluding hydrogens is 466 g/mol. The molecule has 0 saturated carbocycles. The highest BCUT2D eigenvalue weighted by Crippen LogP contribution is 2.33. The van der Waals surface area contributed by atoms with E-state index in [2.05, 4.69) is 10.1 Å². The Hall–Kier alpha value is -4.35. The molecule has 1 aliphatic carbocycles. The summed E-state index contributed by atoms with van der Waals surface area (Å²) in [5.41, 5.74) is 0.859. The first-order chi connectivity index (χ1) is 16.3. The van der Waals surface area contributed by atoms with Crippen molar-refractivity contribution in [3.8, 4) is 11.8 Å². The molecule has 9 heteroatoms. The van der Waals surface area contributed by atoms with Crippen molar-refractivity contribution < 1.29 is 27.9 Å². The zero-order valence-corrected chi connectivity index (χ0v) is 17.9. The quantitative estimate of drug-likeness (QED) is 0.311. The number of nitrogens with one attached hydrogen (secondary N) is 1. The van der Waals surface area contributed by atoms with E-state index < -0.39 is 12.5 Å². The molecular formula is C25H13ClF2N2O4. The summed E-state index contributed by atoms with van der Waals surface area (Å²) in [6.45, 7) is -2.97. The predicted molar refractivity (Wildman–Crippen MR) is 120 cm³/mol. The van der Waals surface area contributed by atoms with Gasteiger partial charge < -0.3 is 10.1 Å². The number of nitrogens with zero attached hydrogens (tertiary/aromatic N) is 1. The topological polar surface area (TPSA) is 96.3 Å². The van der Waals surface area contributed by atoms with Crippen LogP contribution in [0.3, 0.4) is 0 Å². The number of amides is 1. The van der Waals surface area contributed by atoms with Gasteiger partial charge in [-0.2, -0.15) is 14.0 Å².